The second-order valence-corrected chi connectivity index (χ2v) is 10.5. The molecule has 3 aliphatic heterocycles. The van der Waals surface area contributed by atoms with Gasteiger partial charge in [0.25, 0.3) is 0 Å². The summed E-state index contributed by atoms with van der Waals surface area (Å²) in [5.41, 5.74) is 2.18. The second kappa shape index (κ2) is 7.15. The Hall–Kier alpha value is -3.20. The van der Waals surface area contributed by atoms with Crippen molar-refractivity contribution < 1.29 is 9.18 Å². The average Bonchev–Trinajstić information content (AvgIpc) is 3.56. The van der Waals surface area contributed by atoms with Crippen molar-refractivity contribution in [3.63, 3.8) is 0 Å². The Kier molecular flexibility index (Phi) is 4.25. The number of amides is 1. The number of aromatic nitrogens is 4. The SMILES string of the molecule is O=C(C1CC1)N1Cc2cc(Cl)ccc2-n2c(nnc2N2CC3(CN(c4ccc(F)cn4)C3)C2)C1. The summed E-state index contributed by atoms with van der Waals surface area (Å²) in [6.07, 6.45) is 3.20. The molecule has 8 nitrogen and oxygen atoms in total. The van der Waals surface area contributed by atoms with Crippen LogP contribution < -0.4 is 9.80 Å². The van der Waals surface area contributed by atoms with Crippen LogP contribution in [0.2, 0.25) is 5.02 Å². The van der Waals surface area contributed by atoms with E-state index < -0.39 is 0 Å². The monoisotopic (exact) mass is 479 g/mol. The summed E-state index contributed by atoms with van der Waals surface area (Å²) in [6.45, 7) is 4.49. The third-order valence-electron chi connectivity index (χ3n) is 7.35. The molecule has 174 valence electrons. The summed E-state index contributed by atoms with van der Waals surface area (Å²) in [7, 11) is 0. The maximum Gasteiger partial charge on any atom is 0.232 e. The van der Waals surface area contributed by atoms with Crippen LogP contribution in [0.15, 0.2) is 36.5 Å². The number of benzene rings is 1. The van der Waals surface area contributed by atoms with Crippen LogP contribution in [0.25, 0.3) is 5.69 Å². The number of pyridine rings is 1. The highest BCUT2D eigenvalue weighted by Crippen LogP contribution is 2.44. The zero-order valence-electron chi connectivity index (χ0n) is 18.5. The fourth-order valence-electron chi connectivity index (χ4n) is 5.52. The molecule has 3 aromatic rings. The minimum absolute atomic E-state index is 0.143. The number of fused-ring (bicyclic) bond motifs is 3. The highest BCUT2D eigenvalue weighted by Gasteiger charge is 2.53. The highest BCUT2D eigenvalue weighted by atomic mass is 35.5. The Morgan fingerprint density at radius 3 is 2.56 bits per heavy atom. The van der Waals surface area contributed by atoms with E-state index in [0.717, 1.165) is 67.9 Å². The van der Waals surface area contributed by atoms with E-state index in [9.17, 15) is 9.18 Å². The zero-order chi connectivity index (χ0) is 23.0. The molecule has 1 saturated carbocycles. The van der Waals surface area contributed by atoms with E-state index in [1.807, 2.05) is 23.1 Å². The second-order valence-electron chi connectivity index (χ2n) is 10.0. The molecule has 5 heterocycles. The van der Waals surface area contributed by atoms with Gasteiger partial charge in [-0.05, 0) is 48.7 Å². The Bertz CT molecular complexity index is 1290. The molecule has 1 amide bonds. The Balaban J connectivity index is 1.14. The smallest absolute Gasteiger partial charge is 0.232 e. The van der Waals surface area contributed by atoms with Gasteiger partial charge in [0, 0.05) is 49.1 Å². The van der Waals surface area contributed by atoms with Gasteiger partial charge in [-0.1, -0.05) is 11.6 Å². The molecule has 0 atom stereocenters. The number of hydrogen-bond acceptors (Lipinski definition) is 6. The lowest BCUT2D eigenvalue weighted by atomic mass is 9.73. The molecular formula is C24H23ClFN7O. The summed E-state index contributed by atoms with van der Waals surface area (Å²) in [5, 5.41) is 9.71. The molecule has 10 heteroatoms. The van der Waals surface area contributed by atoms with Gasteiger partial charge in [-0.15, -0.1) is 10.2 Å². The van der Waals surface area contributed by atoms with Crippen molar-refractivity contribution in [3.8, 4) is 5.69 Å². The molecule has 1 aliphatic carbocycles. The molecule has 3 fully saturated rings. The standard InChI is InChI=1S/C24H23ClFN7O/c25-17-3-5-19-16(7-17)9-30(22(34)15-1-2-15)10-21-28-29-23(33(19)21)32-13-24(14-32)11-31(12-24)20-6-4-18(26)8-27-20/h3-8,15H,1-2,9-14H2. The third-order valence-corrected chi connectivity index (χ3v) is 7.59. The van der Waals surface area contributed by atoms with Crippen molar-refractivity contribution in [2.45, 2.75) is 25.9 Å². The third kappa shape index (κ3) is 3.17. The Morgan fingerprint density at radius 1 is 1.03 bits per heavy atom. The number of carbonyl (C=O) groups excluding carboxylic acids is 1. The summed E-state index contributed by atoms with van der Waals surface area (Å²) in [5.74, 6) is 2.41. The van der Waals surface area contributed by atoms with Crippen molar-refractivity contribution in [2.24, 2.45) is 11.3 Å². The molecule has 0 radical (unpaired) electrons. The molecule has 7 rings (SSSR count). The van der Waals surface area contributed by atoms with E-state index in [1.165, 1.54) is 12.3 Å². The van der Waals surface area contributed by atoms with E-state index in [1.54, 1.807) is 6.07 Å². The van der Waals surface area contributed by atoms with E-state index in [-0.39, 0.29) is 23.1 Å². The lowest BCUT2D eigenvalue weighted by molar-refractivity contribution is -0.133. The van der Waals surface area contributed by atoms with Crippen LogP contribution in [0, 0.1) is 17.2 Å². The van der Waals surface area contributed by atoms with Crippen LogP contribution in [0.3, 0.4) is 0 Å². The van der Waals surface area contributed by atoms with Crippen LogP contribution in [0.5, 0.6) is 0 Å². The van der Waals surface area contributed by atoms with Gasteiger partial charge in [-0.3, -0.25) is 9.36 Å². The van der Waals surface area contributed by atoms with Gasteiger partial charge in [0.15, 0.2) is 5.82 Å². The number of hydrogen-bond donors (Lipinski definition) is 0. The molecule has 2 saturated heterocycles. The number of anilines is 2. The largest absolute Gasteiger partial charge is 0.355 e. The van der Waals surface area contributed by atoms with Gasteiger partial charge in [0.05, 0.1) is 18.4 Å². The number of halogens is 2. The van der Waals surface area contributed by atoms with E-state index >= 15 is 0 Å². The van der Waals surface area contributed by atoms with Crippen molar-refractivity contribution in [2.75, 3.05) is 36.0 Å². The van der Waals surface area contributed by atoms with Crippen LogP contribution in [0.1, 0.15) is 24.2 Å². The first-order chi connectivity index (χ1) is 16.5. The topological polar surface area (TPSA) is 70.4 Å². The number of nitrogens with zero attached hydrogens (tertiary/aromatic N) is 7. The summed E-state index contributed by atoms with van der Waals surface area (Å²) in [4.78, 5) is 23.4. The van der Waals surface area contributed by atoms with Crippen LogP contribution in [-0.2, 0) is 17.9 Å². The number of carbonyl (C=O) groups is 1. The Labute approximate surface area is 200 Å². The lowest BCUT2D eigenvalue weighted by Gasteiger charge is -2.60. The Morgan fingerprint density at radius 2 is 1.82 bits per heavy atom. The van der Waals surface area contributed by atoms with Gasteiger partial charge in [0.2, 0.25) is 11.9 Å². The van der Waals surface area contributed by atoms with Crippen molar-refractivity contribution in [1.82, 2.24) is 24.6 Å². The van der Waals surface area contributed by atoms with E-state index in [4.69, 9.17) is 11.6 Å². The minimum Gasteiger partial charge on any atom is -0.355 e. The normalized spacial score (nSPS) is 20.4. The first-order valence-electron chi connectivity index (χ1n) is 11.6. The molecule has 0 N–H and O–H groups in total. The fourth-order valence-corrected chi connectivity index (χ4v) is 5.72. The van der Waals surface area contributed by atoms with Gasteiger partial charge in [-0.2, -0.15) is 0 Å². The summed E-state index contributed by atoms with van der Waals surface area (Å²) in [6, 6.07) is 9.00. The minimum atomic E-state index is -0.319. The van der Waals surface area contributed by atoms with Gasteiger partial charge >= 0.3 is 0 Å². The van der Waals surface area contributed by atoms with Gasteiger partial charge < -0.3 is 14.7 Å². The van der Waals surface area contributed by atoms with Crippen LogP contribution in [0.4, 0.5) is 16.2 Å². The molecule has 0 bridgehead atoms. The van der Waals surface area contributed by atoms with Gasteiger partial charge in [0.1, 0.15) is 11.6 Å². The van der Waals surface area contributed by atoms with Gasteiger partial charge in [-0.25, -0.2) is 9.37 Å². The van der Waals surface area contributed by atoms with Crippen LogP contribution >= 0.6 is 11.6 Å². The molecule has 0 unspecified atom stereocenters. The maximum absolute atomic E-state index is 13.2. The predicted molar refractivity (Wildman–Crippen MR) is 124 cm³/mol. The van der Waals surface area contributed by atoms with Crippen molar-refractivity contribution in [3.05, 3.63) is 58.8 Å². The molecular weight excluding hydrogens is 457 g/mol. The zero-order valence-corrected chi connectivity index (χ0v) is 19.2. The van der Waals surface area contributed by atoms with Crippen molar-refractivity contribution >= 4 is 29.3 Å². The molecule has 1 aromatic carbocycles. The maximum atomic E-state index is 13.2. The first-order valence-corrected chi connectivity index (χ1v) is 12.0. The van der Waals surface area contributed by atoms with E-state index in [2.05, 4.69) is 29.5 Å². The fraction of sp³-hybridized carbons (Fsp3) is 0.417. The highest BCUT2D eigenvalue weighted by molar-refractivity contribution is 6.30. The predicted octanol–water partition coefficient (Wildman–Crippen LogP) is 3.03. The lowest BCUT2D eigenvalue weighted by Crippen LogP contribution is -2.73. The first kappa shape index (κ1) is 20.2. The average molecular weight is 480 g/mol. The molecule has 2 aromatic heterocycles. The molecule has 34 heavy (non-hydrogen) atoms. The van der Waals surface area contributed by atoms with Crippen LogP contribution in [-0.4, -0.2) is 56.7 Å². The quantitative estimate of drug-likeness (QED) is 0.575. The van der Waals surface area contributed by atoms with Crippen molar-refractivity contribution in [1.29, 1.82) is 0 Å². The molecule has 1 spiro atoms. The summed E-state index contributed by atoms with van der Waals surface area (Å²) >= 11 is 6.33. The molecule has 4 aliphatic rings. The summed E-state index contributed by atoms with van der Waals surface area (Å²) < 4.78 is 15.3. The van der Waals surface area contributed by atoms with E-state index in [0.29, 0.717) is 18.1 Å². The number of rotatable bonds is 3.